The molecule has 0 aliphatic carbocycles. The molecule has 1 heterocycles. The molecule has 0 aromatic heterocycles. The molecule has 2 N–H and O–H groups in total. The second kappa shape index (κ2) is 5.67. The molecular formula is C9H16F3NO2. The first-order valence-electron chi connectivity index (χ1n) is 5.03. The van der Waals surface area contributed by atoms with E-state index in [1.165, 1.54) is 0 Å². The quantitative estimate of drug-likeness (QED) is 0.686. The highest BCUT2D eigenvalue weighted by Crippen LogP contribution is 2.19. The summed E-state index contributed by atoms with van der Waals surface area (Å²) in [6, 6.07) is 0. The van der Waals surface area contributed by atoms with Crippen LogP contribution < -0.4 is 5.32 Å². The van der Waals surface area contributed by atoms with Crippen molar-refractivity contribution in [2.75, 3.05) is 26.3 Å². The fourth-order valence-electron chi connectivity index (χ4n) is 1.47. The van der Waals surface area contributed by atoms with Gasteiger partial charge in [0.25, 0.3) is 0 Å². The van der Waals surface area contributed by atoms with Crippen molar-refractivity contribution < 1.29 is 23.0 Å². The van der Waals surface area contributed by atoms with Gasteiger partial charge in [-0.3, -0.25) is 0 Å². The van der Waals surface area contributed by atoms with Gasteiger partial charge in [-0.25, -0.2) is 0 Å². The van der Waals surface area contributed by atoms with Crippen LogP contribution in [-0.4, -0.2) is 43.7 Å². The topological polar surface area (TPSA) is 41.5 Å². The molecule has 1 saturated heterocycles. The van der Waals surface area contributed by atoms with Gasteiger partial charge < -0.3 is 15.2 Å². The predicted octanol–water partition coefficient (Wildman–Crippen LogP) is 0.926. The van der Waals surface area contributed by atoms with Gasteiger partial charge in [0.2, 0.25) is 0 Å². The number of nitrogens with one attached hydrogen (secondary N) is 1. The number of alkyl halides is 3. The van der Waals surface area contributed by atoms with Crippen LogP contribution in [0.5, 0.6) is 0 Å². The van der Waals surface area contributed by atoms with Gasteiger partial charge in [0.05, 0.1) is 0 Å². The zero-order chi connectivity index (χ0) is 11.3. The Kier molecular flexibility index (Phi) is 4.82. The van der Waals surface area contributed by atoms with Gasteiger partial charge in [-0.15, -0.1) is 0 Å². The van der Waals surface area contributed by atoms with E-state index < -0.39 is 18.8 Å². The SMILES string of the molecule is OC(CNCCC1CCOC1)C(F)(F)F. The summed E-state index contributed by atoms with van der Waals surface area (Å²) in [4.78, 5) is 0. The lowest BCUT2D eigenvalue weighted by molar-refractivity contribution is -0.201. The lowest BCUT2D eigenvalue weighted by Crippen LogP contribution is -2.38. The largest absolute Gasteiger partial charge is 0.415 e. The van der Waals surface area contributed by atoms with Gasteiger partial charge in [-0.05, 0) is 25.3 Å². The van der Waals surface area contributed by atoms with Crippen molar-refractivity contribution in [1.29, 1.82) is 0 Å². The number of halogens is 3. The van der Waals surface area contributed by atoms with Gasteiger partial charge in [-0.1, -0.05) is 0 Å². The highest BCUT2D eigenvalue weighted by molar-refractivity contribution is 4.70. The molecule has 1 rings (SSSR count). The molecule has 0 amide bonds. The fourth-order valence-corrected chi connectivity index (χ4v) is 1.47. The summed E-state index contributed by atoms with van der Waals surface area (Å²) in [5, 5.41) is 11.3. The maximum atomic E-state index is 11.9. The smallest absolute Gasteiger partial charge is 0.382 e. The van der Waals surface area contributed by atoms with Gasteiger partial charge in [0.15, 0.2) is 6.10 Å². The second-order valence-corrected chi connectivity index (χ2v) is 3.78. The van der Waals surface area contributed by atoms with Crippen LogP contribution in [0.25, 0.3) is 0 Å². The summed E-state index contributed by atoms with van der Waals surface area (Å²) >= 11 is 0. The molecular weight excluding hydrogens is 211 g/mol. The Bertz CT molecular complexity index is 181. The number of hydrogen-bond acceptors (Lipinski definition) is 3. The Morgan fingerprint density at radius 3 is 2.73 bits per heavy atom. The molecule has 1 fully saturated rings. The van der Waals surface area contributed by atoms with Crippen molar-refractivity contribution in [3.8, 4) is 0 Å². The first kappa shape index (κ1) is 12.7. The third kappa shape index (κ3) is 4.81. The lowest BCUT2D eigenvalue weighted by Gasteiger charge is -2.15. The van der Waals surface area contributed by atoms with Gasteiger partial charge in [-0.2, -0.15) is 13.2 Å². The van der Waals surface area contributed by atoms with Crippen LogP contribution in [0.1, 0.15) is 12.8 Å². The van der Waals surface area contributed by atoms with E-state index in [1.54, 1.807) is 0 Å². The summed E-state index contributed by atoms with van der Waals surface area (Å²) in [6.45, 7) is 1.50. The zero-order valence-electron chi connectivity index (χ0n) is 8.39. The van der Waals surface area contributed by atoms with E-state index in [0.29, 0.717) is 19.1 Å². The molecule has 90 valence electrons. The average molecular weight is 227 g/mol. The van der Waals surface area contributed by atoms with E-state index in [1.807, 2.05) is 0 Å². The van der Waals surface area contributed by atoms with Crippen LogP contribution >= 0.6 is 0 Å². The van der Waals surface area contributed by atoms with Crippen LogP contribution in [0.2, 0.25) is 0 Å². The zero-order valence-corrected chi connectivity index (χ0v) is 8.39. The second-order valence-electron chi connectivity index (χ2n) is 3.78. The van der Waals surface area contributed by atoms with Crippen LogP contribution in [-0.2, 0) is 4.74 Å². The molecule has 2 unspecified atom stereocenters. The molecule has 0 aromatic carbocycles. The Balaban J connectivity index is 2.01. The number of hydrogen-bond donors (Lipinski definition) is 2. The minimum Gasteiger partial charge on any atom is -0.382 e. The summed E-state index contributed by atoms with van der Waals surface area (Å²) < 4.78 is 40.7. The van der Waals surface area contributed by atoms with Crippen LogP contribution in [0.15, 0.2) is 0 Å². The minimum atomic E-state index is -4.52. The third-order valence-electron chi connectivity index (χ3n) is 2.47. The van der Waals surface area contributed by atoms with E-state index in [0.717, 1.165) is 19.4 Å². The Labute approximate surface area is 86.6 Å². The van der Waals surface area contributed by atoms with Crippen molar-refractivity contribution in [3.05, 3.63) is 0 Å². The molecule has 3 nitrogen and oxygen atoms in total. The molecule has 0 spiro atoms. The van der Waals surface area contributed by atoms with Crippen LogP contribution in [0, 0.1) is 5.92 Å². The molecule has 1 aliphatic rings. The van der Waals surface area contributed by atoms with Crippen LogP contribution in [0.4, 0.5) is 13.2 Å². The normalized spacial score (nSPS) is 24.4. The molecule has 15 heavy (non-hydrogen) atoms. The highest BCUT2D eigenvalue weighted by Gasteiger charge is 2.37. The van der Waals surface area contributed by atoms with E-state index in [-0.39, 0.29) is 0 Å². The minimum absolute atomic E-state index is 0.433. The Hall–Kier alpha value is -0.330. The number of ether oxygens (including phenoxy) is 1. The van der Waals surface area contributed by atoms with E-state index in [9.17, 15) is 13.2 Å². The molecule has 6 heteroatoms. The molecule has 1 aliphatic heterocycles. The number of aliphatic hydroxyl groups is 1. The lowest BCUT2D eigenvalue weighted by atomic mass is 10.1. The van der Waals surface area contributed by atoms with Gasteiger partial charge >= 0.3 is 6.18 Å². The maximum absolute atomic E-state index is 11.9. The molecule has 0 aromatic rings. The number of rotatable bonds is 5. The van der Waals surface area contributed by atoms with Crippen molar-refractivity contribution in [2.24, 2.45) is 5.92 Å². The van der Waals surface area contributed by atoms with Gasteiger partial charge in [0.1, 0.15) is 0 Å². The first-order valence-corrected chi connectivity index (χ1v) is 5.03. The summed E-state index contributed by atoms with van der Waals surface area (Å²) in [5.41, 5.74) is 0. The summed E-state index contributed by atoms with van der Waals surface area (Å²) in [5.74, 6) is 0.445. The first-order chi connectivity index (χ1) is 7.00. The maximum Gasteiger partial charge on any atom is 0.415 e. The third-order valence-corrected chi connectivity index (χ3v) is 2.47. The molecule has 2 atom stereocenters. The van der Waals surface area contributed by atoms with Crippen molar-refractivity contribution in [1.82, 2.24) is 5.32 Å². The predicted molar refractivity (Wildman–Crippen MR) is 48.5 cm³/mol. The van der Waals surface area contributed by atoms with Gasteiger partial charge in [0, 0.05) is 19.8 Å². The summed E-state index contributed by atoms with van der Waals surface area (Å²) in [6.07, 6.45) is -5.02. The Morgan fingerprint density at radius 2 is 2.20 bits per heavy atom. The average Bonchev–Trinajstić information content (AvgIpc) is 2.63. The van der Waals surface area contributed by atoms with E-state index in [2.05, 4.69) is 5.32 Å². The molecule has 0 bridgehead atoms. The van der Waals surface area contributed by atoms with Crippen molar-refractivity contribution in [2.45, 2.75) is 25.1 Å². The van der Waals surface area contributed by atoms with Crippen molar-refractivity contribution in [3.63, 3.8) is 0 Å². The monoisotopic (exact) mass is 227 g/mol. The Morgan fingerprint density at radius 1 is 1.47 bits per heavy atom. The van der Waals surface area contributed by atoms with Crippen molar-refractivity contribution >= 4 is 0 Å². The highest BCUT2D eigenvalue weighted by atomic mass is 19.4. The van der Waals surface area contributed by atoms with Crippen LogP contribution in [0.3, 0.4) is 0 Å². The summed E-state index contributed by atoms with van der Waals surface area (Å²) in [7, 11) is 0. The molecule has 0 radical (unpaired) electrons. The van der Waals surface area contributed by atoms with E-state index >= 15 is 0 Å². The fraction of sp³-hybridized carbons (Fsp3) is 1.00. The number of aliphatic hydroxyl groups excluding tert-OH is 1. The molecule has 0 saturated carbocycles. The standard InChI is InChI=1S/C9H16F3NO2/c10-9(11,12)8(14)5-13-3-1-7-2-4-15-6-7/h7-8,13-14H,1-6H2. The van der Waals surface area contributed by atoms with E-state index in [4.69, 9.17) is 9.84 Å².